The maximum Gasteiger partial charge on any atom is 0.306 e. The van der Waals surface area contributed by atoms with Crippen LogP contribution in [0.25, 0.3) is 0 Å². The van der Waals surface area contributed by atoms with Gasteiger partial charge in [-0.25, -0.2) is 8.42 Å². The number of rotatable bonds is 9. The fraction of sp³-hybridized carbons (Fsp3) is 0.500. The van der Waals surface area contributed by atoms with Gasteiger partial charge in [0.2, 0.25) is 0 Å². The van der Waals surface area contributed by atoms with E-state index in [1.807, 2.05) is 6.92 Å². The van der Waals surface area contributed by atoms with E-state index in [0.717, 1.165) is 5.69 Å². The largest absolute Gasteiger partial charge is 0.481 e. The van der Waals surface area contributed by atoms with Crippen molar-refractivity contribution in [2.24, 2.45) is 0 Å². The van der Waals surface area contributed by atoms with E-state index in [0.29, 0.717) is 17.9 Å². The van der Waals surface area contributed by atoms with Crippen molar-refractivity contribution in [2.45, 2.75) is 30.8 Å². The Morgan fingerprint density at radius 3 is 2.43 bits per heavy atom. The first-order valence-electron chi connectivity index (χ1n) is 6.70. The highest BCUT2D eigenvalue weighted by atomic mass is 32.2. The summed E-state index contributed by atoms with van der Waals surface area (Å²) < 4.78 is 28.8. The number of aliphatic carboxylic acids is 1. The monoisotopic (exact) mass is 315 g/mol. The molecular formula is C14H21NO5S. The number of carboxylic acids is 1. The minimum absolute atomic E-state index is 0.0908. The van der Waals surface area contributed by atoms with Crippen molar-refractivity contribution >= 4 is 21.5 Å². The molecule has 118 valence electrons. The zero-order valence-electron chi connectivity index (χ0n) is 12.2. The van der Waals surface area contributed by atoms with Crippen LogP contribution in [0.2, 0.25) is 0 Å². The van der Waals surface area contributed by atoms with Crippen LogP contribution in [-0.4, -0.2) is 45.0 Å². The van der Waals surface area contributed by atoms with Gasteiger partial charge in [-0.1, -0.05) is 6.92 Å². The third-order valence-electron chi connectivity index (χ3n) is 2.96. The van der Waals surface area contributed by atoms with Gasteiger partial charge >= 0.3 is 5.97 Å². The zero-order valence-corrected chi connectivity index (χ0v) is 13.0. The number of ether oxygens (including phenoxy) is 1. The molecule has 0 heterocycles. The third kappa shape index (κ3) is 5.73. The predicted octanol–water partition coefficient (Wildman–Crippen LogP) is 1.77. The minimum Gasteiger partial charge on any atom is -0.481 e. The lowest BCUT2D eigenvalue weighted by atomic mass is 10.2. The molecule has 1 unspecified atom stereocenters. The summed E-state index contributed by atoms with van der Waals surface area (Å²) in [5, 5.41) is 11.7. The van der Waals surface area contributed by atoms with Crippen molar-refractivity contribution in [1.82, 2.24) is 0 Å². The molecule has 0 amide bonds. The molecule has 1 aromatic carbocycles. The molecule has 0 aromatic heterocycles. The van der Waals surface area contributed by atoms with Gasteiger partial charge in [-0.3, -0.25) is 4.79 Å². The Morgan fingerprint density at radius 2 is 1.95 bits per heavy atom. The average Bonchev–Trinajstić information content (AvgIpc) is 2.43. The highest BCUT2D eigenvalue weighted by molar-refractivity contribution is 7.91. The number of hydrogen-bond acceptors (Lipinski definition) is 5. The number of carbonyl (C=O) groups is 1. The van der Waals surface area contributed by atoms with Crippen LogP contribution < -0.4 is 5.32 Å². The average molecular weight is 315 g/mol. The summed E-state index contributed by atoms with van der Waals surface area (Å²) in [5.41, 5.74) is 0.720. The van der Waals surface area contributed by atoms with Crippen LogP contribution in [0.5, 0.6) is 0 Å². The Hall–Kier alpha value is -1.60. The van der Waals surface area contributed by atoms with E-state index in [2.05, 4.69) is 5.32 Å². The number of carboxylic acid groups (broad SMARTS) is 1. The molecule has 0 spiro atoms. The Kier molecular flexibility index (Phi) is 6.64. The van der Waals surface area contributed by atoms with Crippen LogP contribution in [0.1, 0.15) is 19.8 Å². The van der Waals surface area contributed by atoms with E-state index < -0.39 is 21.9 Å². The summed E-state index contributed by atoms with van der Waals surface area (Å²) in [7, 11) is -1.76. The summed E-state index contributed by atoms with van der Waals surface area (Å²) in [6.07, 6.45) is 0.0467. The van der Waals surface area contributed by atoms with E-state index >= 15 is 0 Å². The molecule has 7 heteroatoms. The number of nitrogens with one attached hydrogen (secondary N) is 1. The summed E-state index contributed by atoms with van der Waals surface area (Å²) >= 11 is 0. The van der Waals surface area contributed by atoms with E-state index in [4.69, 9.17) is 9.84 Å². The fourth-order valence-electron chi connectivity index (χ4n) is 1.83. The lowest BCUT2D eigenvalue weighted by Gasteiger charge is -2.15. The van der Waals surface area contributed by atoms with Crippen LogP contribution in [0.4, 0.5) is 5.69 Å². The number of methoxy groups -OCH3 is 1. The first-order valence-corrected chi connectivity index (χ1v) is 8.35. The molecule has 6 nitrogen and oxygen atoms in total. The second-order valence-electron chi connectivity index (χ2n) is 4.68. The molecule has 1 atom stereocenters. The molecule has 0 aliphatic heterocycles. The van der Waals surface area contributed by atoms with Gasteiger partial charge in [-0.05, 0) is 30.7 Å². The Balaban J connectivity index is 2.65. The van der Waals surface area contributed by atoms with Gasteiger partial charge in [0.15, 0.2) is 9.84 Å². The molecule has 0 fully saturated rings. The molecule has 1 rings (SSSR count). The van der Waals surface area contributed by atoms with E-state index in [1.165, 1.54) is 7.11 Å². The van der Waals surface area contributed by atoms with Crippen LogP contribution in [0.15, 0.2) is 29.2 Å². The van der Waals surface area contributed by atoms with Crippen molar-refractivity contribution in [3.8, 4) is 0 Å². The smallest absolute Gasteiger partial charge is 0.306 e. The lowest BCUT2D eigenvalue weighted by molar-refractivity contribution is -0.139. The first-order chi connectivity index (χ1) is 9.89. The summed E-state index contributed by atoms with van der Waals surface area (Å²) in [5.74, 6) is -0.797. The number of benzene rings is 1. The second kappa shape index (κ2) is 7.99. The van der Waals surface area contributed by atoms with Gasteiger partial charge in [0.05, 0.1) is 23.2 Å². The first kappa shape index (κ1) is 17.5. The van der Waals surface area contributed by atoms with Crippen LogP contribution >= 0.6 is 0 Å². The Labute approximate surface area is 125 Å². The lowest BCUT2D eigenvalue weighted by Crippen LogP contribution is -2.24. The molecule has 0 saturated heterocycles. The zero-order chi connectivity index (χ0) is 15.9. The molecule has 21 heavy (non-hydrogen) atoms. The number of anilines is 1. The SMILES string of the molecule is CCCS(=O)(=O)c1ccc(NCC(CC(=O)O)OC)cc1. The normalized spacial score (nSPS) is 12.9. The van der Waals surface area contributed by atoms with Gasteiger partial charge in [0.1, 0.15) is 0 Å². The number of sulfone groups is 1. The summed E-state index contributed by atoms with van der Waals surface area (Å²) in [6.45, 7) is 2.16. The summed E-state index contributed by atoms with van der Waals surface area (Å²) in [4.78, 5) is 10.9. The second-order valence-corrected chi connectivity index (χ2v) is 6.79. The predicted molar refractivity (Wildman–Crippen MR) is 80.3 cm³/mol. The molecular weight excluding hydrogens is 294 g/mol. The van der Waals surface area contributed by atoms with Gasteiger partial charge in [-0.15, -0.1) is 0 Å². The highest BCUT2D eigenvalue weighted by Crippen LogP contribution is 2.16. The van der Waals surface area contributed by atoms with E-state index in [9.17, 15) is 13.2 Å². The van der Waals surface area contributed by atoms with E-state index in [1.54, 1.807) is 24.3 Å². The van der Waals surface area contributed by atoms with Crippen molar-refractivity contribution in [1.29, 1.82) is 0 Å². The summed E-state index contributed by atoms with van der Waals surface area (Å²) in [6, 6.07) is 6.42. The number of hydrogen-bond donors (Lipinski definition) is 2. The Morgan fingerprint density at radius 1 is 1.33 bits per heavy atom. The van der Waals surface area contributed by atoms with Gasteiger partial charge in [0, 0.05) is 19.3 Å². The van der Waals surface area contributed by atoms with Gasteiger partial charge in [-0.2, -0.15) is 0 Å². The molecule has 0 saturated carbocycles. The fourth-order valence-corrected chi connectivity index (χ4v) is 3.16. The maximum absolute atomic E-state index is 11.9. The van der Waals surface area contributed by atoms with Crippen LogP contribution in [0.3, 0.4) is 0 Å². The quantitative estimate of drug-likeness (QED) is 0.721. The molecule has 0 bridgehead atoms. The molecule has 1 aromatic rings. The van der Waals surface area contributed by atoms with Crippen LogP contribution in [-0.2, 0) is 19.4 Å². The van der Waals surface area contributed by atoms with Gasteiger partial charge in [0.25, 0.3) is 0 Å². The topological polar surface area (TPSA) is 92.7 Å². The van der Waals surface area contributed by atoms with Crippen molar-refractivity contribution < 1.29 is 23.1 Å². The molecule has 2 N–H and O–H groups in total. The van der Waals surface area contributed by atoms with E-state index in [-0.39, 0.29) is 12.2 Å². The molecule has 0 aliphatic rings. The van der Waals surface area contributed by atoms with Crippen LogP contribution in [0, 0.1) is 0 Å². The third-order valence-corrected chi connectivity index (χ3v) is 4.89. The standard InChI is InChI=1S/C14H21NO5S/c1-3-8-21(18,19)13-6-4-11(5-7-13)15-10-12(20-2)9-14(16)17/h4-7,12,15H,3,8-10H2,1-2H3,(H,16,17). The van der Waals surface area contributed by atoms with Crippen molar-refractivity contribution in [2.75, 3.05) is 24.7 Å². The molecule has 0 radical (unpaired) electrons. The highest BCUT2D eigenvalue weighted by Gasteiger charge is 2.14. The molecule has 0 aliphatic carbocycles. The van der Waals surface area contributed by atoms with Crippen molar-refractivity contribution in [3.63, 3.8) is 0 Å². The Bertz CT molecular complexity index is 553. The minimum atomic E-state index is -3.21. The van der Waals surface area contributed by atoms with Crippen molar-refractivity contribution in [3.05, 3.63) is 24.3 Å². The van der Waals surface area contributed by atoms with Gasteiger partial charge < -0.3 is 15.2 Å². The maximum atomic E-state index is 11.9.